The van der Waals surface area contributed by atoms with Gasteiger partial charge in [-0.15, -0.1) is 0 Å². The van der Waals surface area contributed by atoms with E-state index in [2.05, 4.69) is 0 Å². The van der Waals surface area contributed by atoms with Crippen LogP contribution in [0.5, 0.6) is 5.75 Å². The summed E-state index contributed by atoms with van der Waals surface area (Å²) in [5, 5.41) is 0. The summed E-state index contributed by atoms with van der Waals surface area (Å²) in [6, 6.07) is 3.58. The van der Waals surface area contributed by atoms with Crippen molar-refractivity contribution in [2.45, 2.75) is 26.4 Å². The highest BCUT2D eigenvalue weighted by Gasteiger charge is 2.31. The summed E-state index contributed by atoms with van der Waals surface area (Å²) in [7, 11) is 0. The zero-order valence-electron chi connectivity index (χ0n) is 8.69. The molecule has 0 unspecified atom stereocenters. The third kappa shape index (κ3) is 2.64. The van der Waals surface area contributed by atoms with Crippen LogP contribution in [0.25, 0.3) is 0 Å². The molecule has 84 valence electrons. The molecule has 1 nitrogen and oxygen atoms in total. The molecule has 0 amide bonds. The SMILES string of the molecule is CC.FC(F)(F)c1ccc2c(c1)CCO2. The number of halogens is 3. The van der Waals surface area contributed by atoms with Crippen LogP contribution < -0.4 is 4.74 Å². The third-order valence-electron chi connectivity index (χ3n) is 2.02. The van der Waals surface area contributed by atoms with Crippen molar-refractivity contribution in [1.29, 1.82) is 0 Å². The molecule has 1 aromatic rings. The van der Waals surface area contributed by atoms with E-state index in [4.69, 9.17) is 4.74 Å². The molecular weight excluding hydrogens is 205 g/mol. The molecule has 1 aliphatic heterocycles. The van der Waals surface area contributed by atoms with Gasteiger partial charge in [0.2, 0.25) is 0 Å². The fraction of sp³-hybridized carbons (Fsp3) is 0.455. The van der Waals surface area contributed by atoms with Gasteiger partial charge in [-0.1, -0.05) is 13.8 Å². The maximum Gasteiger partial charge on any atom is 0.416 e. The van der Waals surface area contributed by atoms with Crippen LogP contribution in [-0.4, -0.2) is 6.61 Å². The Balaban J connectivity index is 0.000000531. The van der Waals surface area contributed by atoms with Gasteiger partial charge in [-0.2, -0.15) is 13.2 Å². The van der Waals surface area contributed by atoms with Crippen molar-refractivity contribution in [2.75, 3.05) is 6.61 Å². The Labute approximate surface area is 86.9 Å². The number of rotatable bonds is 0. The minimum Gasteiger partial charge on any atom is -0.493 e. The largest absolute Gasteiger partial charge is 0.493 e. The van der Waals surface area contributed by atoms with E-state index in [1.807, 2.05) is 13.8 Å². The van der Waals surface area contributed by atoms with Gasteiger partial charge in [-0.3, -0.25) is 0 Å². The van der Waals surface area contributed by atoms with Crippen molar-refractivity contribution in [3.63, 3.8) is 0 Å². The maximum absolute atomic E-state index is 12.2. The summed E-state index contributed by atoms with van der Waals surface area (Å²) < 4.78 is 41.7. The first-order valence-corrected chi connectivity index (χ1v) is 4.90. The number of hydrogen-bond donors (Lipinski definition) is 0. The standard InChI is InChI=1S/C9H7F3O.C2H6/c10-9(11,12)7-1-2-8-6(5-7)3-4-13-8;1-2/h1-2,5H,3-4H2;1-2H3. The van der Waals surface area contributed by atoms with Crippen molar-refractivity contribution in [3.8, 4) is 5.75 Å². The fourth-order valence-electron chi connectivity index (χ4n) is 1.36. The Kier molecular flexibility index (Phi) is 3.61. The topological polar surface area (TPSA) is 9.23 Å². The van der Waals surface area contributed by atoms with Crippen LogP contribution >= 0.6 is 0 Å². The zero-order valence-corrected chi connectivity index (χ0v) is 8.69. The molecule has 1 aliphatic rings. The van der Waals surface area contributed by atoms with Crippen LogP contribution in [-0.2, 0) is 12.6 Å². The van der Waals surface area contributed by atoms with Gasteiger partial charge < -0.3 is 4.74 Å². The highest BCUT2D eigenvalue weighted by atomic mass is 19.4. The molecule has 2 rings (SSSR count). The summed E-state index contributed by atoms with van der Waals surface area (Å²) in [6.45, 7) is 4.48. The van der Waals surface area contributed by atoms with Crippen molar-refractivity contribution in [2.24, 2.45) is 0 Å². The number of alkyl halides is 3. The zero-order chi connectivity index (χ0) is 11.5. The molecule has 0 aromatic heterocycles. The van der Waals surface area contributed by atoms with Crippen LogP contribution in [0.2, 0.25) is 0 Å². The lowest BCUT2D eigenvalue weighted by Crippen LogP contribution is -2.04. The monoisotopic (exact) mass is 218 g/mol. The van der Waals surface area contributed by atoms with Crippen LogP contribution in [0.3, 0.4) is 0 Å². The third-order valence-corrected chi connectivity index (χ3v) is 2.02. The molecule has 0 saturated heterocycles. The van der Waals surface area contributed by atoms with E-state index in [1.165, 1.54) is 6.07 Å². The van der Waals surface area contributed by atoms with Crippen LogP contribution in [0.1, 0.15) is 25.0 Å². The molecule has 0 bridgehead atoms. The minimum atomic E-state index is -4.25. The second-order valence-electron chi connectivity index (χ2n) is 2.92. The summed E-state index contributed by atoms with van der Waals surface area (Å²) in [5.74, 6) is 0.577. The van der Waals surface area contributed by atoms with Crippen LogP contribution in [0, 0.1) is 0 Å². The molecule has 1 heterocycles. The Bertz CT molecular complexity index is 331. The van der Waals surface area contributed by atoms with Gasteiger partial charge in [0.25, 0.3) is 0 Å². The number of hydrogen-bond acceptors (Lipinski definition) is 1. The van der Waals surface area contributed by atoms with Gasteiger partial charge >= 0.3 is 6.18 Å². The molecule has 0 saturated carbocycles. The van der Waals surface area contributed by atoms with Crippen molar-refractivity contribution >= 4 is 0 Å². The highest BCUT2D eigenvalue weighted by Crippen LogP contribution is 2.34. The van der Waals surface area contributed by atoms with Gasteiger partial charge in [0.05, 0.1) is 12.2 Å². The Morgan fingerprint density at radius 1 is 1.20 bits per heavy atom. The van der Waals surface area contributed by atoms with E-state index in [0.717, 1.165) is 12.1 Å². The average molecular weight is 218 g/mol. The molecule has 15 heavy (non-hydrogen) atoms. The van der Waals surface area contributed by atoms with Crippen LogP contribution in [0.4, 0.5) is 13.2 Å². The van der Waals surface area contributed by atoms with E-state index >= 15 is 0 Å². The number of fused-ring (bicyclic) bond motifs is 1. The number of benzene rings is 1. The fourth-order valence-corrected chi connectivity index (χ4v) is 1.36. The first-order chi connectivity index (χ1) is 7.07. The molecule has 1 aromatic carbocycles. The van der Waals surface area contributed by atoms with Crippen molar-refractivity contribution < 1.29 is 17.9 Å². The molecule has 0 fully saturated rings. The van der Waals surface area contributed by atoms with Crippen molar-refractivity contribution in [1.82, 2.24) is 0 Å². The normalized spacial score (nSPS) is 13.7. The maximum atomic E-state index is 12.2. The smallest absolute Gasteiger partial charge is 0.416 e. The summed E-state index contributed by atoms with van der Waals surface area (Å²) in [5.41, 5.74) is 0.0478. The average Bonchev–Trinajstić information content (AvgIpc) is 2.66. The predicted molar refractivity (Wildman–Crippen MR) is 52.0 cm³/mol. The second-order valence-corrected chi connectivity index (χ2v) is 2.92. The molecule has 0 radical (unpaired) electrons. The lowest BCUT2D eigenvalue weighted by atomic mass is 10.1. The first-order valence-electron chi connectivity index (χ1n) is 4.90. The Morgan fingerprint density at radius 3 is 2.47 bits per heavy atom. The van der Waals surface area contributed by atoms with Crippen molar-refractivity contribution in [3.05, 3.63) is 29.3 Å². The lowest BCUT2D eigenvalue weighted by Gasteiger charge is -2.07. The van der Waals surface area contributed by atoms with Gasteiger partial charge in [-0.05, 0) is 23.8 Å². The van der Waals surface area contributed by atoms with Gasteiger partial charge in [0.15, 0.2) is 0 Å². The van der Waals surface area contributed by atoms with Gasteiger partial charge in [0, 0.05) is 6.42 Å². The number of ether oxygens (including phenoxy) is 1. The predicted octanol–water partition coefficient (Wildman–Crippen LogP) is 3.67. The Morgan fingerprint density at radius 2 is 1.87 bits per heavy atom. The first kappa shape index (κ1) is 11.9. The molecule has 0 N–H and O–H groups in total. The molecule has 0 spiro atoms. The Hall–Kier alpha value is -1.19. The summed E-state index contributed by atoms with van der Waals surface area (Å²) >= 11 is 0. The molecule has 0 aliphatic carbocycles. The highest BCUT2D eigenvalue weighted by molar-refractivity contribution is 5.40. The lowest BCUT2D eigenvalue weighted by molar-refractivity contribution is -0.137. The molecule has 4 heteroatoms. The van der Waals surface area contributed by atoms with Gasteiger partial charge in [-0.25, -0.2) is 0 Å². The van der Waals surface area contributed by atoms with Gasteiger partial charge in [0.1, 0.15) is 5.75 Å². The summed E-state index contributed by atoms with van der Waals surface area (Å²) in [6.07, 6.45) is -3.68. The van der Waals surface area contributed by atoms with E-state index < -0.39 is 11.7 Å². The van der Waals surface area contributed by atoms with E-state index in [1.54, 1.807) is 0 Å². The van der Waals surface area contributed by atoms with E-state index in [0.29, 0.717) is 24.3 Å². The molecule has 0 atom stereocenters. The quantitative estimate of drug-likeness (QED) is 0.645. The van der Waals surface area contributed by atoms with E-state index in [-0.39, 0.29) is 0 Å². The molecular formula is C11H13F3O. The van der Waals surface area contributed by atoms with Crippen LogP contribution in [0.15, 0.2) is 18.2 Å². The minimum absolute atomic E-state index is 0.483. The van der Waals surface area contributed by atoms with E-state index in [9.17, 15) is 13.2 Å². The summed E-state index contributed by atoms with van der Waals surface area (Å²) in [4.78, 5) is 0. The second kappa shape index (κ2) is 4.55.